The van der Waals surface area contributed by atoms with Crippen LogP contribution in [0.15, 0.2) is 24.4 Å². The number of carbonyl (C=O) groups is 1. The molecule has 43 heavy (non-hydrogen) atoms. The summed E-state index contributed by atoms with van der Waals surface area (Å²) < 4.78 is 86.8. The number of pyridine rings is 1. The number of ether oxygens (including phenoxy) is 1. The Bertz CT molecular complexity index is 1510. The Labute approximate surface area is 248 Å². The van der Waals surface area contributed by atoms with Gasteiger partial charge in [-0.15, -0.1) is 0 Å². The van der Waals surface area contributed by atoms with Crippen LogP contribution in [0.1, 0.15) is 64.2 Å². The van der Waals surface area contributed by atoms with E-state index in [1.165, 1.54) is 36.9 Å². The molecule has 1 saturated carbocycles. The zero-order valence-electron chi connectivity index (χ0n) is 25.5. The SMILES string of the molecule is CCC(F)(F)c1cnc(NC(=O)C2CC2)cc1Nc1nn(C)c2ccc(C(O[Si](C)(C)C(C)(C)C)C(F)(F)F)c(OC)c12. The topological polar surface area (TPSA) is 90.3 Å². The number of fused-ring (bicyclic) bond motifs is 1. The highest BCUT2D eigenvalue weighted by atomic mass is 28.4. The second kappa shape index (κ2) is 11.3. The number of nitrogens with zero attached hydrogens (tertiary/aromatic N) is 3. The van der Waals surface area contributed by atoms with Gasteiger partial charge in [0.25, 0.3) is 5.92 Å². The predicted molar refractivity (Wildman–Crippen MR) is 157 cm³/mol. The van der Waals surface area contributed by atoms with Gasteiger partial charge in [-0.2, -0.15) is 18.3 Å². The van der Waals surface area contributed by atoms with Crippen molar-refractivity contribution >= 4 is 42.5 Å². The van der Waals surface area contributed by atoms with Gasteiger partial charge in [-0.3, -0.25) is 9.48 Å². The number of hydrogen-bond donors (Lipinski definition) is 2. The van der Waals surface area contributed by atoms with Crippen LogP contribution >= 0.6 is 0 Å². The van der Waals surface area contributed by atoms with E-state index in [4.69, 9.17) is 9.16 Å². The van der Waals surface area contributed by atoms with Crippen molar-refractivity contribution in [2.24, 2.45) is 13.0 Å². The van der Waals surface area contributed by atoms with Crippen LogP contribution < -0.4 is 15.4 Å². The number of methoxy groups -OCH3 is 1. The highest BCUT2D eigenvalue weighted by Crippen LogP contribution is 2.49. The van der Waals surface area contributed by atoms with E-state index >= 15 is 8.78 Å². The van der Waals surface area contributed by atoms with Crippen LogP contribution in [0.4, 0.5) is 39.3 Å². The maximum atomic E-state index is 15.0. The average molecular weight is 628 g/mol. The molecule has 0 saturated heterocycles. The van der Waals surface area contributed by atoms with Crippen molar-refractivity contribution in [3.8, 4) is 5.75 Å². The summed E-state index contributed by atoms with van der Waals surface area (Å²) in [5.41, 5.74) is -0.417. The molecule has 14 heteroatoms. The molecule has 1 atom stereocenters. The Balaban J connectivity index is 1.87. The lowest BCUT2D eigenvalue weighted by Crippen LogP contribution is -2.44. The molecule has 0 bridgehead atoms. The summed E-state index contributed by atoms with van der Waals surface area (Å²) in [6.07, 6.45) is -5.15. The van der Waals surface area contributed by atoms with Gasteiger partial charge in [-0.25, -0.2) is 13.8 Å². The Morgan fingerprint density at radius 1 is 1.16 bits per heavy atom. The Kier molecular flexibility index (Phi) is 8.61. The van der Waals surface area contributed by atoms with Crippen molar-refractivity contribution in [2.75, 3.05) is 17.7 Å². The number of carbonyl (C=O) groups excluding carboxylic acids is 1. The van der Waals surface area contributed by atoms with Crippen LogP contribution in [0.3, 0.4) is 0 Å². The van der Waals surface area contributed by atoms with E-state index in [-0.39, 0.29) is 45.8 Å². The molecule has 1 fully saturated rings. The number of benzene rings is 1. The quantitative estimate of drug-likeness (QED) is 0.174. The molecule has 2 aromatic heterocycles. The van der Waals surface area contributed by atoms with E-state index < -0.39 is 43.5 Å². The molecular formula is C29H38F5N5O3Si. The van der Waals surface area contributed by atoms with E-state index in [9.17, 15) is 18.0 Å². The first-order chi connectivity index (χ1) is 19.8. The first-order valence-electron chi connectivity index (χ1n) is 14.0. The Morgan fingerprint density at radius 2 is 1.81 bits per heavy atom. The van der Waals surface area contributed by atoms with Crippen molar-refractivity contribution in [1.82, 2.24) is 14.8 Å². The molecule has 1 unspecified atom stereocenters. The summed E-state index contributed by atoms with van der Waals surface area (Å²) in [4.78, 5) is 16.4. The third-order valence-electron chi connectivity index (χ3n) is 8.20. The molecule has 0 aliphatic heterocycles. The number of halogens is 5. The summed E-state index contributed by atoms with van der Waals surface area (Å²) in [7, 11) is -0.108. The van der Waals surface area contributed by atoms with Gasteiger partial charge < -0.3 is 19.8 Å². The van der Waals surface area contributed by atoms with Crippen LogP contribution in [0.5, 0.6) is 5.75 Å². The third kappa shape index (κ3) is 6.64. The lowest BCUT2D eigenvalue weighted by molar-refractivity contribution is -0.201. The van der Waals surface area contributed by atoms with E-state index in [2.05, 4.69) is 20.7 Å². The number of rotatable bonds is 10. The largest absolute Gasteiger partial charge is 0.496 e. The van der Waals surface area contributed by atoms with Crippen molar-refractivity contribution in [1.29, 1.82) is 0 Å². The number of nitrogens with one attached hydrogen (secondary N) is 2. The van der Waals surface area contributed by atoms with Gasteiger partial charge in [0.1, 0.15) is 11.6 Å². The van der Waals surface area contributed by atoms with Gasteiger partial charge in [-0.1, -0.05) is 33.8 Å². The fourth-order valence-electron chi connectivity index (χ4n) is 4.44. The van der Waals surface area contributed by atoms with Crippen LogP contribution in [0.2, 0.25) is 18.1 Å². The minimum Gasteiger partial charge on any atom is -0.496 e. The van der Waals surface area contributed by atoms with E-state index in [0.717, 1.165) is 19.0 Å². The van der Waals surface area contributed by atoms with Gasteiger partial charge in [0.15, 0.2) is 20.2 Å². The van der Waals surface area contributed by atoms with E-state index in [0.29, 0.717) is 5.52 Å². The fourth-order valence-corrected chi connectivity index (χ4v) is 5.65. The van der Waals surface area contributed by atoms with Gasteiger partial charge in [0.05, 0.1) is 29.3 Å². The summed E-state index contributed by atoms with van der Waals surface area (Å²) >= 11 is 0. The standard InChI is InChI=1S/C29H38F5N5O3Si/c1-9-28(30,31)18-15-35-21(37-26(40)16-10-11-16)14-19(18)36-25-22-20(39(5)38-25)13-12-17(23(22)41-6)24(29(32,33)34)42-43(7,8)27(2,3)4/h12-16,24H,9-11H2,1-8H3,(H2,35,36,37,38,40). The number of amides is 1. The molecule has 1 amide bonds. The van der Waals surface area contributed by atoms with Gasteiger partial charge in [0.2, 0.25) is 5.91 Å². The number of alkyl halides is 5. The zero-order valence-corrected chi connectivity index (χ0v) is 26.5. The van der Waals surface area contributed by atoms with E-state index in [1.54, 1.807) is 20.1 Å². The Hall–Kier alpha value is -3.26. The molecule has 8 nitrogen and oxygen atoms in total. The molecule has 1 aliphatic carbocycles. The minimum absolute atomic E-state index is 0.0109. The Morgan fingerprint density at radius 3 is 2.35 bits per heavy atom. The highest BCUT2D eigenvalue weighted by molar-refractivity contribution is 6.74. The molecule has 1 aromatic carbocycles. The summed E-state index contributed by atoms with van der Waals surface area (Å²) in [6, 6.07) is 4.04. The van der Waals surface area contributed by atoms with Crippen LogP contribution in [-0.4, -0.2) is 42.3 Å². The molecule has 1 aliphatic rings. The van der Waals surface area contributed by atoms with Gasteiger partial charge in [0, 0.05) is 37.2 Å². The lowest BCUT2D eigenvalue weighted by Gasteiger charge is -2.40. The van der Waals surface area contributed by atoms with Gasteiger partial charge >= 0.3 is 6.18 Å². The molecule has 0 spiro atoms. The smallest absolute Gasteiger partial charge is 0.417 e. The maximum absolute atomic E-state index is 15.0. The van der Waals surface area contributed by atoms with Crippen molar-refractivity contribution in [2.45, 2.75) is 83.3 Å². The average Bonchev–Trinajstić information content (AvgIpc) is 3.70. The first-order valence-corrected chi connectivity index (χ1v) is 17.0. The predicted octanol–water partition coefficient (Wildman–Crippen LogP) is 8.20. The molecule has 3 aromatic rings. The lowest BCUT2D eigenvalue weighted by atomic mass is 10.0. The number of aryl methyl sites for hydroxylation is 1. The normalized spacial score (nSPS) is 15.5. The number of anilines is 3. The van der Waals surface area contributed by atoms with Crippen LogP contribution in [0.25, 0.3) is 10.9 Å². The zero-order chi connectivity index (χ0) is 32.1. The van der Waals surface area contributed by atoms with Crippen LogP contribution in [-0.2, 0) is 22.2 Å². The minimum atomic E-state index is -4.78. The van der Waals surface area contributed by atoms with Crippen molar-refractivity contribution in [3.05, 3.63) is 35.5 Å². The molecule has 2 N–H and O–H groups in total. The van der Waals surface area contributed by atoms with Crippen LogP contribution in [0, 0.1) is 5.92 Å². The maximum Gasteiger partial charge on any atom is 0.417 e. The second-order valence-corrected chi connectivity index (χ2v) is 17.2. The second-order valence-electron chi connectivity index (χ2n) is 12.4. The molecular weight excluding hydrogens is 589 g/mol. The summed E-state index contributed by atoms with van der Waals surface area (Å²) in [5, 5.41) is 9.59. The van der Waals surface area contributed by atoms with E-state index in [1.807, 2.05) is 20.8 Å². The molecule has 236 valence electrons. The molecule has 0 radical (unpaired) electrons. The number of aromatic nitrogens is 3. The molecule has 4 rings (SSSR count). The van der Waals surface area contributed by atoms with Crippen molar-refractivity contribution in [3.63, 3.8) is 0 Å². The highest BCUT2D eigenvalue weighted by Gasteiger charge is 2.50. The summed E-state index contributed by atoms with van der Waals surface area (Å²) in [5.74, 6) is -3.80. The van der Waals surface area contributed by atoms with Crippen molar-refractivity contribution < 1.29 is 35.9 Å². The summed E-state index contributed by atoms with van der Waals surface area (Å²) in [6.45, 7) is 10.3. The van der Waals surface area contributed by atoms with Gasteiger partial charge in [-0.05, 0) is 37.0 Å². The molecule has 2 heterocycles. The number of hydrogen-bond acceptors (Lipinski definition) is 6. The fraction of sp³-hybridized carbons (Fsp3) is 0.552. The third-order valence-corrected chi connectivity index (χ3v) is 12.6. The first kappa shape index (κ1) is 32.6. The monoisotopic (exact) mass is 627 g/mol.